The third-order valence-corrected chi connectivity index (χ3v) is 4.48. The van der Waals surface area contributed by atoms with Crippen LogP contribution in [0.1, 0.15) is 46.0 Å². The summed E-state index contributed by atoms with van der Waals surface area (Å²) in [7, 11) is 0. The first kappa shape index (κ1) is 21.0. The van der Waals surface area contributed by atoms with Crippen molar-refractivity contribution in [2.45, 2.75) is 26.3 Å². The third kappa shape index (κ3) is 5.67. The number of nitrogens with zero attached hydrogens (tertiary/aromatic N) is 1. The number of pyridine rings is 1. The van der Waals surface area contributed by atoms with E-state index >= 15 is 0 Å². The van der Waals surface area contributed by atoms with Gasteiger partial charge in [-0.3, -0.25) is 9.59 Å². The number of ether oxygens (including phenoxy) is 1. The highest BCUT2D eigenvalue weighted by atomic mass is 16.5. The van der Waals surface area contributed by atoms with Crippen LogP contribution in [-0.2, 0) is 6.54 Å². The number of rotatable bonds is 9. The van der Waals surface area contributed by atoms with Crippen molar-refractivity contribution >= 4 is 17.5 Å². The van der Waals surface area contributed by atoms with E-state index in [9.17, 15) is 9.59 Å². The van der Waals surface area contributed by atoms with Crippen molar-refractivity contribution in [2.24, 2.45) is 0 Å². The maximum Gasteiger partial charge on any atom is 0.255 e. The van der Waals surface area contributed by atoms with E-state index < -0.39 is 0 Å². The molecule has 2 amide bonds. The summed E-state index contributed by atoms with van der Waals surface area (Å²) in [5.74, 6) is -0.0334. The zero-order chi connectivity index (χ0) is 21.2. The summed E-state index contributed by atoms with van der Waals surface area (Å²) in [5, 5.41) is 5.70. The van der Waals surface area contributed by atoms with Gasteiger partial charge in [-0.2, -0.15) is 0 Å². The van der Waals surface area contributed by atoms with Crippen LogP contribution in [0.2, 0.25) is 0 Å². The van der Waals surface area contributed by atoms with Crippen LogP contribution in [0.4, 0.5) is 5.69 Å². The molecule has 0 fully saturated rings. The molecule has 1 heterocycles. The molecule has 3 aromatic rings. The van der Waals surface area contributed by atoms with Gasteiger partial charge in [-0.25, -0.2) is 4.98 Å². The molecule has 6 heteroatoms. The lowest BCUT2D eigenvalue weighted by atomic mass is 10.1. The Labute approximate surface area is 176 Å². The number of benzene rings is 2. The Morgan fingerprint density at radius 3 is 2.50 bits per heavy atom. The van der Waals surface area contributed by atoms with Gasteiger partial charge >= 0.3 is 0 Å². The molecule has 0 bridgehead atoms. The number of anilines is 1. The Hall–Kier alpha value is -3.67. The molecule has 0 saturated carbocycles. The largest absolute Gasteiger partial charge is 0.477 e. The highest BCUT2D eigenvalue weighted by molar-refractivity contribution is 6.08. The van der Waals surface area contributed by atoms with Crippen molar-refractivity contribution in [3.8, 4) is 5.88 Å². The van der Waals surface area contributed by atoms with Crippen LogP contribution >= 0.6 is 0 Å². The number of para-hydroxylation sites is 1. The summed E-state index contributed by atoms with van der Waals surface area (Å²) in [6.45, 7) is 2.95. The predicted octanol–water partition coefficient (Wildman–Crippen LogP) is 4.44. The number of amides is 2. The van der Waals surface area contributed by atoms with Crippen LogP contribution < -0.4 is 15.4 Å². The average molecular weight is 403 g/mol. The van der Waals surface area contributed by atoms with E-state index in [0.29, 0.717) is 29.3 Å². The van der Waals surface area contributed by atoms with E-state index in [-0.39, 0.29) is 18.4 Å². The summed E-state index contributed by atoms with van der Waals surface area (Å²) in [5.41, 5.74) is 2.17. The Morgan fingerprint density at radius 2 is 1.70 bits per heavy atom. The quantitative estimate of drug-likeness (QED) is 0.518. The van der Waals surface area contributed by atoms with Gasteiger partial charge in [0, 0.05) is 23.9 Å². The van der Waals surface area contributed by atoms with Crippen LogP contribution in [-0.4, -0.2) is 23.4 Å². The normalized spacial score (nSPS) is 10.3. The molecule has 3 rings (SSSR count). The van der Waals surface area contributed by atoms with Crippen molar-refractivity contribution in [2.75, 3.05) is 11.9 Å². The van der Waals surface area contributed by atoms with Crippen molar-refractivity contribution in [3.05, 3.63) is 89.6 Å². The lowest BCUT2D eigenvalue weighted by Gasteiger charge is -2.13. The van der Waals surface area contributed by atoms with Gasteiger partial charge in [0.2, 0.25) is 5.88 Å². The first-order valence-corrected chi connectivity index (χ1v) is 9.99. The summed E-state index contributed by atoms with van der Waals surface area (Å²) < 4.78 is 5.72. The fourth-order valence-electron chi connectivity index (χ4n) is 2.85. The molecular formula is C24H25N3O3. The van der Waals surface area contributed by atoms with Gasteiger partial charge in [0.1, 0.15) is 0 Å². The Bertz CT molecular complexity index is 990. The van der Waals surface area contributed by atoms with E-state index in [2.05, 4.69) is 22.5 Å². The molecule has 0 atom stereocenters. The highest BCUT2D eigenvalue weighted by Gasteiger charge is 2.15. The monoisotopic (exact) mass is 403 g/mol. The topological polar surface area (TPSA) is 80.3 Å². The van der Waals surface area contributed by atoms with Crippen LogP contribution in [0.3, 0.4) is 0 Å². The van der Waals surface area contributed by atoms with Gasteiger partial charge in [-0.1, -0.05) is 49.7 Å². The molecule has 0 aliphatic carbocycles. The van der Waals surface area contributed by atoms with E-state index in [1.54, 1.807) is 54.7 Å². The lowest BCUT2D eigenvalue weighted by molar-refractivity contribution is 0.0951. The first-order chi connectivity index (χ1) is 14.7. The van der Waals surface area contributed by atoms with E-state index in [0.717, 1.165) is 18.4 Å². The Kier molecular flexibility index (Phi) is 7.55. The molecule has 0 spiro atoms. The number of nitrogens with one attached hydrogen (secondary N) is 2. The summed E-state index contributed by atoms with van der Waals surface area (Å²) in [6, 6.07) is 19.5. The fraction of sp³-hybridized carbons (Fsp3) is 0.208. The van der Waals surface area contributed by atoms with Gasteiger partial charge in [0.05, 0.1) is 17.9 Å². The van der Waals surface area contributed by atoms with Crippen molar-refractivity contribution in [3.63, 3.8) is 0 Å². The molecule has 0 radical (unpaired) electrons. The van der Waals surface area contributed by atoms with Crippen molar-refractivity contribution < 1.29 is 14.3 Å². The Morgan fingerprint density at radius 1 is 0.933 bits per heavy atom. The molecule has 0 aliphatic heterocycles. The molecule has 6 nitrogen and oxygen atoms in total. The highest BCUT2D eigenvalue weighted by Crippen LogP contribution is 2.18. The fourth-order valence-corrected chi connectivity index (χ4v) is 2.85. The van der Waals surface area contributed by atoms with E-state index in [1.165, 1.54) is 0 Å². The SMILES string of the molecule is CCCCOc1ncccc1CNC(=O)c1ccccc1NC(=O)c1ccccc1. The molecule has 0 aliphatic rings. The number of aromatic nitrogens is 1. The second-order valence-corrected chi connectivity index (χ2v) is 6.72. The Balaban J connectivity index is 1.68. The predicted molar refractivity (Wildman–Crippen MR) is 117 cm³/mol. The van der Waals surface area contributed by atoms with E-state index in [1.807, 2.05) is 18.2 Å². The molecule has 2 N–H and O–H groups in total. The maximum absolute atomic E-state index is 12.8. The van der Waals surface area contributed by atoms with Gasteiger partial charge in [0.15, 0.2) is 0 Å². The van der Waals surface area contributed by atoms with Crippen LogP contribution in [0.15, 0.2) is 72.9 Å². The van der Waals surface area contributed by atoms with Crippen LogP contribution in [0.25, 0.3) is 0 Å². The second-order valence-electron chi connectivity index (χ2n) is 6.72. The number of hydrogen-bond donors (Lipinski definition) is 2. The minimum Gasteiger partial charge on any atom is -0.477 e. The summed E-state index contributed by atoms with van der Waals surface area (Å²) in [4.78, 5) is 29.5. The third-order valence-electron chi connectivity index (χ3n) is 4.48. The smallest absolute Gasteiger partial charge is 0.255 e. The second kappa shape index (κ2) is 10.8. The van der Waals surface area contributed by atoms with E-state index in [4.69, 9.17) is 4.74 Å². The number of hydrogen-bond acceptors (Lipinski definition) is 4. The number of carbonyl (C=O) groups is 2. The van der Waals surface area contributed by atoms with Gasteiger partial charge in [-0.15, -0.1) is 0 Å². The zero-order valence-electron chi connectivity index (χ0n) is 16.9. The lowest BCUT2D eigenvalue weighted by Crippen LogP contribution is -2.25. The van der Waals surface area contributed by atoms with Crippen molar-refractivity contribution in [1.82, 2.24) is 10.3 Å². The van der Waals surface area contributed by atoms with Gasteiger partial charge in [0.25, 0.3) is 11.8 Å². The molecular weight excluding hydrogens is 378 g/mol. The summed E-state index contributed by atoms with van der Waals surface area (Å²) >= 11 is 0. The molecule has 0 saturated heterocycles. The number of carbonyl (C=O) groups excluding carboxylic acids is 2. The van der Waals surface area contributed by atoms with Gasteiger partial charge in [-0.05, 0) is 36.8 Å². The molecule has 154 valence electrons. The minimum atomic E-state index is -0.290. The average Bonchev–Trinajstić information content (AvgIpc) is 2.79. The van der Waals surface area contributed by atoms with Gasteiger partial charge < -0.3 is 15.4 Å². The maximum atomic E-state index is 12.8. The molecule has 0 unspecified atom stereocenters. The molecule has 1 aromatic heterocycles. The first-order valence-electron chi connectivity index (χ1n) is 9.99. The van der Waals surface area contributed by atoms with Crippen LogP contribution in [0, 0.1) is 0 Å². The molecule has 2 aromatic carbocycles. The summed E-state index contributed by atoms with van der Waals surface area (Å²) in [6.07, 6.45) is 3.64. The van der Waals surface area contributed by atoms with Crippen molar-refractivity contribution in [1.29, 1.82) is 0 Å². The molecule has 30 heavy (non-hydrogen) atoms. The number of unbranched alkanes of at least 4 members (excludes halogenated alkanes) is 1. The van der Waals surface area contributed by atoms with Crippen LogP contribution in [0.5, 0.6) is 5.88 Å². The minimum absolute atomic E-state index is 0.269. The zero-order valence-corrected chi connectivity index (χ0v) is 16.9. The standard InChI is InChI=1S/C24H25N3O3/c1-2-3-16-30-24-19(12-9-15-25-24)17-26-23(29)20-13-7-8-14-21(20)27-22(28)18-10-5-4-6-11-18/h4-15H,2-3,16-17H2,1H3,(H,26,29)(H,27,28).